The summed E-state index contributed by atoms with van der Waals surface area (Å²) >= 11 is 6.06. The maximum Gasteiger partial charge on any atom is 0.124 e. The molecule has 2 unspecified atom stereocenters. The molecule has 1 aromatic rings. The van der Waals surface area contributed by atoms with E-state index in [9.17, 15) is 5.11 Å². The van der Waals surface area contributed by atoms with Crippen LogP contribution in [0.3, 0.4) is 0 Å². The van der Waals surface area contributed by atoms with Gasteiger partial charge in [0.2, 0.25) is 0 Å². The van der Waals surface area contributed by atoms with E-state index in [1.54, 1.807) is 10.9 Å². The lowest BCUT2D eigenvalue weighted by Crippen LogP contribution is -2.43. The van der Waals surface area contributed by atoms with Gasteiger partial charge in [-0.05, 0) is 14.0 Å². The molecular formula is C11H18ClN3O2. The van der Waals surface area contributed by atoms with Gasteiger partial charge in [0.25, 0.3) is 0 Å². The summed E-state index contributed by atoms with van der Waals surface area (Å²) < 4.78 is 7.31. The largest absolute Gasteiger partial charge is 0.384 e. The number of ether oxygens (including phenoxy) is 1. The van der Waals surface area contributed by atoms with E-state index in [0.717, 1.165) is 6.54 Å². The van der Waals surface area contributed by atoms with Crippen LogP contribution >= 0.6 is 11.6 Å². The highest BCUT2D eigenvalue weighted by Gasteiger charge is 2.30. The Hall–Kier alpha value is -0.620. The van der Waals surface area contributed by atoms with Gasteiger partial charge in [0.1, 0.15) is 12.2 Å². The van der Waals surface area contributed by atoms with Crippen LogP contribution in [0, 0.1) is 0 Å². The lowest BCUT2D eigenvalue weighted by atomic mass is 10.1. The van der Waals surface area contributed by atoms with Crippen LogP contribution in [0.25, 0.3) is 0 Å². The first kappa shape index (κ1) is 12.8. The van der Waals surface area contributed by atoms with E-state index in [1.165, 1.54) is 0 Å². The van der Waals surface area contributed by atoms with Gasteiger partial charge < -0.3 is 14.7 Å². The zero-order valence-electron chi connectivity index (χ0n) is 10.1. The molecule has 1 saturated heterocycles. The van der Waals surface area contributed by atoms with Crippen LogP contribution in [0.4, 0.5) is 0 Å². The minimum Gasteiger partial charge on any atom is -0.384 e. The molecule has 2 heterocycles. The van der Waals surface area contributed by atoms with Gasteiger partial charge in [0.15, 0.2) is 0 Å². The standard InChI is InChI=1S/C11H18ClN3O2/c1-3-15-10(8(12)6-13-15)11(16)9-7-14(2)4-5-17-9/h6,9,11,16H,3-5,7H2,1-2H3. The molecule has 1 fully saturated rings. The number of aliphatic hydroxyl groups is 1. The zero-order chi connectivity index (χ0) is 12.4. The van der Waals surface area contributed by atoms with Gasteiger partial charge in [-0.25, -0.2) is 0 Å². The molecule has 0 aromatic carbocycles. The Bertz CT molecular complexity index is 383. The van der Waals surface area contributed by atoms with Crippen molar-refractivity contribution < 1.29 is 9.84 Å². The third kappa shape index (κ3) is 2.63. The highest BCUT2D eigenvalue weighted by atomic mass is 35.5. The lowest BCUT2D eigenvalue weighted by Gasteiger charge is -2.33. The van der Waals surface area contributed by atoms with Gasteiger partial charge >= 0.3 is 0 Å². The average molecular weight is 260 g/mol. The molecule has 2 rings (SSSR count). The summed E-state index contributed by atoms with van der Waals surface area (Å²) in [6.07, 6.45) is 0.594. The first-order valence-electron chi connectivity index (χ1n) is 5.83. The molecular weight excluding hydrogens is 242 g/mol. The summed E-state index contributed by atoms with van der Waals surface area (Å²) in [5.74, 6) is 0. The molecule has 2 atom stereocenters. The van der Waals surface area contributed by atoms with Crippen molar-refractivity contribution in [1.82, 2.24) is 14.7 Å². The summed E-state index contributed by atoms with van der Waals surface area (Å²) in [7, 11) is 2.01. The van der Waals surface area contributed by atoms with Crippen LogP contribution in [0.2, 0.25) is 5.02 Å². The average Bonchev–Trinajstić information content (AvgIpc) is 2.69. The summed E-state index contributed by atoms with van der Waals surface area (Å²) in [6.45, 7) is 4.88. The fourth-order valence-corrected chi connectivity index (χ4v) is 2.35. The zero-order valence-corrected chi connectivity index (χ0v) is 10.9. The lowest BCUT2D eigenvalue weighted by molar-refractivity contribution is -0.0868. The van der Waals surface area contributed by atoms with Crippen molar-refractivity contribution in [3.8, 4) is 0 Å². The third-order valence-corrected chi connectivity index (χ3v) is 3.35. The van der Waals surface area contributed by atoms with Gasteiger partial charge in [0.05, 0.1) is 23.5 Å². The number of nitrogens with zero attached hydrogens (tertiary/aromatic N) is 3. The number of morpholine rings is 1. The van der Waals surface area contributed by atoms with Crippen molar-refractivity contribution in [2.45, 2.75) is 25.7 Å². The molecule has 0 radical (unpaired) electrons. The summed E-state index contributed by atoms with van der Waals surface area (Å²) in [5.41, 5.74) is 0.648. The highest BCUT2D eigenvalue weighted by Crippen LogP contribution is 2.27. The van der Waals surface area contributed by atoms with Crippen LogP contribution in [0.5, 0.6) is 0 Å². The number of aryl methyl sites for hydroxylation is 1. The van der Waals surface area contributed by atoms with Gasteiger partial charge in [0, 0.05) is 19.6 Å². The number of halogens is 1. The SMILES string of the molecule is CCn1ncc(Cl)c1C(O)C1CN(C)CCO1. The van der Waals surface area contributed by atoms with Crippen molar-refractivity contribution >= 4 is 11.6 Å². The molecule has 1 aliphatic heterocycles. The molecule has 0 saturated carbocycles. The molecule has 96 valence electrons. The molecule has 0 spiro atoms. The van der Waals surface area contributed by atoms with Gasteiger partial charge in [-0.2, -0.15) is 5.10 Å². The Kier molecular flexibility index (Phi) is 4.04. The van der Waals surface area contributed by atoms with Gasteiger partial charge in [-0.1, -0.05) is 11.6 Å². The fourth-order valence-electron chi connectivity index (χ4n) is 2.10. The molecule has 6 heteroatoms. The van der Waals surface area contributed by atoms with E-state index < -0.39 is 6.10 Å². The molecule has 0 bridgehead atoms. The Morgan fingerprint density at radius 2 is 2.47 bits per heavy atom. The third-order valence-electron chi connectivity index (χ3n) is 3.06. The van der Waals surface area contributed by atoms with Gasteiger partial charge in [-0.3, -0.25) is 4.68 Å². The Balaban J connectivity index is 2.17. The second-order valence-corrected chi connectivity index (χ2v) is 4.72. The number of rotatable bonds is 3. The van der Waals surface area contributed by atoms with Crippen molar-refractivity contribution in [3.05, 3.63) is 16.9 Å². The van der Waals surface area contributed by atoms with Crippen LogP contribution in [0.15, 0.2) is 6.20 Å². The van der Waals surface area contributed by atoms with E-state index in [1.807, 2.05) is 14.0 Å². The first-order valence-corrected chi connectivity index (χ1v) is 6.20. The molecule has 5 nitrogen and oxygen atoms in total. The number of hydrogen-bond acceptors (Lipinski definition) is 4. The number of hydrogen-bond donors (Lipinski definition) is 1. The van der Waals surface area contributed by atoms with E-state index in [2.05, 4.69) is 10.00 Å². The molecule has 17 heavy (non-hydrogen) atoms. The Labute approximate surface area is 106 Å². The molecule has 0 aliphatic carbocycles. The Morgan fingerprint density at radius 3 is 3.12 bits per heavy atom. The summed E-state index contributed by atoms with van der Waals surface area (Å²) in [4.78, 5) is 2.14. The molecule has 1 aromatic heterocycles. The Morgan fingerprint density at radius 1 is 1.71 bits per heavy atom. The van der Waals surface area contributed by atoms with Crippen molar-refractivity contribution in [2.75, 3.05) is 26.7 Å². The quantitative estimate of drug-likeness (QED) is 0.877. The second kappa shape index (κ2) is 5.35. The predicted octanol–water partition coefficient (Wildman–Crippen LogP) is 0.920. The molecule has 1 N–H and O–H groups in total. The van der Waals surface area contributed by atoms with Crippen LogP contribution in [-0.4, -0.2) is 52.6 Å². The normalized spacial score (nSPS) is 23.9. The topological polar surface area (TPSA) is 50.5 Å². The number of likely N-dealkylation sites (N-methyl/N-ethyl adjacent to an activating group) is 1. The smallest absolute Gasteiger partial charge is 0.124 e. The minimum absolute atomic E-state index is 0.242. The second-order valence-electron chi connectivity index (χ2n) is 4.31. The minimum atomic E-state index is -0.729. The fraction of sp³-hybridized carbons (Fsp3) is 0.727. The van der Waals surface area contributed by atoms with Crippen LogP contribution < -0.4 is 0 Å². The summed E-state index contributed by atoms with van der Waals surface area (Å²) in [6, 6.07) is 0. The predicted molar refractivity (Wildman–Crippen MR) is 65.1 cm³/mol. The van der Waals surface area contributed by atoms with Crippen molar-refractivity contribution in [3.63, 3.8) is 0 Å². The van der Waals surface area contributed by atoms with E-state index >= 15 is 0 Å². The monoisotopic (exact) mass is 259 g/mol. The summed E-state index contributed by atoms with van der Waals surface area (Å²) in [5, 5.41) is 15.0. The number of aromatic nitrogens is 2. The van der Waals surface area contributed by atoms with Crippen LogP contribution in [-0.2, 0) is 11.3 Å². The maximum atomic E-state index is 10.3. The molecule has 0 amide bonds. The van der Waals surface area contributed by atoms with Crippen LogP contribution in [0.1, 0.15) is 18.7 Å². The number of aliphatic hydroxyl groups excluding tert-OH is 1. The van der Waals surface area contributed by atoms with E-state index in [-0.39, 0.29) is 6.10 Å². The van der Waals surface area contributed by atoms with E-state index in [0.29, 0.717) is 30.4 Å². The van der Waals surface area contributed by atoms with Gasteiger partial charge in [-0.15, -0.1) is 0 Å². The molecule has 1 aliphatic rings. The first-order chi connectivity index (χ1) is 8.13. The highest BCUT2D eigenvalue weighted by molar-refractivity contribution is 6.31. The maximum absolute atomic E-state index is 10.3. The van der Waals surface area contributed by atoms with Crippen molar-refractivity contribution in [1.29, 1.82) is 0 Å². The van der Waals surface area contributed by atoms with Crippen molar-refractivity contribution in [2.24, 2.45) is 0 Å². The van der Waals surface area contributed by atoms with E-state index in [4.69, 9.17) is 16.3 Å².